The molecular weight excluding hydrogens is 284 g/mol. The SMILES string of the molecule is Cc1cn(-c2ccc(N)cc2)/c(=N/C(=O)N2CCCC2)s1. The Morgan fingerprint density at radius 2 is 1.90 bits per heavy atom. The Hall–Kier alpha value is -2.08. The molecule has 1 fully saturated rings. The minimum Gasteiger partial charge on any atom is -0.399 e. The summed E-state index contributed by atoms with van der Waals surface area (Å²) < 4.78 is 1.94. The molecule has 2 aromatic rings. The van der Waals surface area contributed by atoms with E-state index in [-0.39, 0.29) is 6.03 Å². The summed E-state index contributed by atoms with van der Waals surface area (Å²) in [7, 11) is 0. The molecule has 6 heteroatoms. The second-order valence-corrected chi connectivity index (χ2v) is 6.39. The zero-order chi connectivity index (χ0) is 14.8. The molecule has 0 radical (unpaired) electrons. The zero-order valence-corrected chi connectivity index (χ0v) is 12.8. The number of rotatable bonds is 1. The third-order valence-electron chi connectivity index (χ3n) is 3.51. The molecule has 1 aliphatic heterocycles. The molecule has 110 valence electrons. The number of hydrogen-bond donors (Lipinski definition) is 1. The summed E-state index contributed by atoms with van der Waals surface area (Å²) in [4.78, 5) is 20.1. The highest BCUT2D eigenvalue weighted by Gasteiger charge is 2.17. The van der Waals surface area contributed by atoms with Gasteiger partial charge in [-0.25, -0.2) is 4.79 Å². The molecule has 0 spiro atoms. The Bertz CT molecular complexity index is 708. The van der Waals surface area contributed by atoms with Gasteiger partial charge in [-0.2, -0.15) is 4.99 Å². The number of likely N-dealkylation sites (tertiary alicyclic amines) is 1. The molecule has 21 heavy (non-hydrogen) atoms. The van der Waals surface area contributed by atoms with Crippen molar-refractivity contribution >= 4 is 23.1 Å². The van der Waals surface area contributed by atoms with Crippen LogP contribution in [-0.4, -0.2) is 28.6 Å². The highest BCUT2D eigenvalue weighted by molar-refractivity contribution is 7.09. The lowest BCUT2D eigenvalue weighted by Gasteiger charge is -2.10. The van der Waals surface area contributed by atoms with Gasteiger partial charge in [-0.05, 0) is 44.0 Å². The number of benzene rings is 1. The fourth-order valence-electron chi connectivity index (χ4n) is 2.41. The van der Waals surface area contributed by atoms with E-state index >= 15 is 0 Å². The van der Waals surface area contributed by atoms with E-state index < -0.39 is 0 Å². The number of nitrogen functional groups attached to an aromatic ring is 1. The zero-order valence-electron chi connectivity index (χ0n) is 12.0. The van der Waals surface area contributed by atoms with Crippen molar-refractivity contribution < 1.29 is 4.79 Å². The highest BCUT2D eigenvalue weighted by Crippen LogP contribution is 2.13. The van der Waals surface area contributed by atoms with Crippen molar-refractivity contribution in [3.05, 3.63) is 40.1 Å². The summed E-state index contributed by atoms with van der Waals surface area (Å²) in [5, 5.41) is 0. The van der Waals surface area contributed by atoms with Crippen LogP contribution < -0.4 is 10.5 Å². The lowest BCUT2D eigenvalue weighted by molar-refractivity contribution is 0.218. The minimum atomic E-state index is -0.140. The largest absolute Gasteiger partial charge is 0.399 e. The molecule has 0 unspecified atom stereocenters. The van der Waals surface area contributed by atoms with E-state index in [2.05, 4.69) is 4.99 Å². The van der Waals surface area contributed by atoms with E-state index in [9.17, 15) is 4.79 Å². The first-order chi connectivity index (χ1) is 10.1. The second-order valence-electron chi connectivity index (χ2n) is 5.17. The molecule has 1 aromatic heterocycles. The maximum absolute atomic E-state index is 12.2. The van der Waals surface area contributed by atoms with E-state index in [1.54, 1.807) is 0 Å². The quantitative estimate of drug-likeness (QED) is 0.823. The average Bonchev–Trinajstić information content (AvgIpc) is 3.09. The number of amides is 2. The molecule has 3 rings (SSSR count). The van der Waals surface area contributed by atoms with E-state index in [1.807, 2.05) is 46.9 Å². The molecule has 2 heterocycles. The predicted molar refractivity (Wildman–Crippen MR) is 84.6 cm³/mol. The summed E-state index contributed by atoms with van der Waals surface area (Å²) in [6.45, 7) is 3.64. The number of urea groups is 1. The third-order valence-corrected chi connectivity index (χ3v) is 4.41. The number of carbonyl (C=O) groups is 1. The lowest BCUT2D eigenvalue weighted by atomic mass is 10.3. The Balaban J connectivity index is 1.99. The standard InChI is InChI=1S/C15H18N4OS/c1-11-10-19(13-6-4-12(16)5-7-13)15(21-11)17-14(20)18-8-2-3-9-18/h4-7,10H,2-3,8-9,16H2,1H3/b17-15-. The highest BCUT2D eigenvalue weighted by atomic mass is 32.1. The molecule has 0 aliphatic carbocycles. The van der Waals surface area contributed by atoms with Crippen LogP contribution in [0.25, 0.3) is 5.69 Å². The number of nitrogens with two attached hydrogens (primary N) is 1. The number of hydrogen-bond acceptors (Lipinski definition) is 3. The van der Waals surface area contributed by atoms with Gasteiger partial charge < -0.3 is 10.6 Å². The number of anilines is 1. The van der Waals surface area contributed by atoms with Crippen molar-refractivity contribution in [1.29, 1.82) is 0 Å². The lowest BCUT2D eigenvalue weighted by Crippen LogP contribution is -2.27. The number of thiazole rings is 1. The Kier molecular flexibility index (Phi) is 3.79. The summed E-state index contributed by atoms with van der Waals surface area (Å²) in [5.41, 5.74) is 7.40. The molecular formula is C15H18N4OS. The van der Waals surface area contributed by atoms with E-state index in [0.29, 0.717) is 4.80 Å². The topological polar surface area (TPSA) is 63.6 Å². The maximum Gasteiger partial charge on any atom is 0.346 e. The second kappa shape index (κ2) is 5.73. The minimum absolute atomic E-state index is 0.140. The first kappa shape index (κ1) is 13.9. The van der Waals surface area contributed by atoms with Crippen LogP contribution in [0.15, 0.2) is 35.5 Å². The first-order valence-electron chi connectivity index (χ1n) is 7.02. The molecule has 1 aliphatic rings. The van der Waals surface area contributed by atoms with Gasteiger partial charge in [0.1, 0.15) is 0 Å². The number of nitrogens with zero attached hydrogens (tertiary/aromatic N) is 3. The summed E-state index contributed by atoms with van der Waals surface area (Å²) in [5.74, 6) is 0. The van der Waals surface area contributed by atoms with Crippen molar-refractivity contribution in [2.24, 2.45) is 4.99 Å². The maximum atomic E-state index is 12.2. The summed E-state index contributed by atoms with van der Waals surface area (Å²) >= 11 is 1.52. The van der Waals surface area contributed by atoms with Gasteiger partial charge in [-0.3, -0.25) is 4.57 Å². The van der Waals surface area contributed by atoms with Crippen molar-refractivity contribution in [2.45, 2.75) is 19.8 Å². The molecule has 0 atom stereocenters. The van der Waals surface area contributed by atoms with Crippen molar-refractivity contribution in [3.63, 3.8) is 0 Å². The van der Waals surface area contributed by atoms with Gasteiger partial charge in [0, 0.05) is 35.5 Å². The van der Waals surface area contributed by atoms with Gasteiger partial charge in [0.15, 0.2) is 4.80 Å². The van der Waals surface area contributed by atoms with Crippen LogP contribution in [0.2, 0.25) is 0 Å². The number of aromatic nitrogens is 1. The fraction of sp³-hybridized carbons (Fsp3) is 0.333. The van der Waals surface area contributed by atoms with Crippen LogP contribution in [0.3, 0.4) is 0 Å². The van der Waals surface area contributed by atoms with Crippen LogP contribution in [-0.2, 0) is 0 Å². The third kappa shape index (κ3) is 3.00. The Morgan fingerprint density at radius 1 is 1.24 bits per heavy atom. The van der Waals surface area contributed by atoms with Gasteiger partial charge in [0.05, 0.1) is 0 Å². The van der Waals surface area contributed by atoms with Crippen molar-refractivity contribution in [1.82, 2.24) is 9.47 Å². The van der Waals surface area contributed by atoms with Crippen molar-refractivity contribution in [2.75, 3.05) is 18.8 Å². The molecule has 0 saturated carbocycles. The Morgan fingerprint density at radius 3 is 2.57 bits per heavy atom. The van der Waals surface area contributed by atoms with Crippen molar-refractivity contribution in [3.8, 4) is 5.69 Å². The number of carbonyl (C=O) groups excluding carboxylic acids is 1. The summed E-state index contributed by atoms with van der Waals surface area (Å²) in [6.07, 6.45) is 4.14. The van der Waals surface area contributed by atoms with Crippen LogP contribution in [0.1, 0.15) is 17.7 Å². The monoisotopic (exact) mass is 302 g/mol. The van der Waals surface area contributed by atoms with Gasteiger partial charge in [0.25, 0.3) is 0 Å². The Labute approximate surface area is 127 Å². The van der Waals surface area contributed by atoms with Gasteiger partial charge in [0.2, 0.25) is 0 Å². The smallest absolute Gasteiger partial charge is 0.346 e. The van der Waals surface area contributed by atoms with Crippen LogP contribution in [0, 0.1) is 6.92 Å². The normalized spacial score (nSPS) is 15.7. The molecule has 1 aromatic carbocycles. The first-order valence-corrected chi connectivity index (χ1v) is 7.84. The molecule has 5 nitrogen and oxygen atoms in total. The van der Waals surface area contributed by atoms with Gasteiger partial charge >= 0.3 is 6.03 Å². The van der Waals surface area contributed by atoms with E-state index in [4.69, 9.17) is 5.73 Å². The van der Waals surface area contributed by atoms with Gasteiger partial charge in [-0.1, -0.05) is 0 Å². The van der Waals surface area contributed by atoms with Crippen LogP contribution >= 0.6 is 11.3 Å². The predicted octanol–water partition coefficient (Wildman–Crippen LogP) is 2.55. The van der Waals surface area contributed by atoms with Crippen LogP contribution in [0.4, 0.5) is 10.5 Å². The molecule has 1 saturated heterocycles. The molecule has 2 amide bonds. The molecule has 2 N–H and O–H groups in total. The van der Waals surface area contributed by atoms with Gasteiger partial charge in [-0.15, -0.1) is 11.3 Å². The molecule has 0 bridgehead atoms. The number of aryl methyl sites for hydroxylation is 1. The summed E-state index contributed by atoms with van der Waals surface area (Å²) in [6, 6.07) is 7.42. The van der Waals surface area contributed by atoms with E-state index in [0.717, 1.165) is 42.2 Å². The van der Waals surface area contributed by atoms with E-state index in [1.165, 1.54) is 11.3 Å². The fourth-order valence-corrected chi connectivity index (χ4v) is 3.24. The average molecular weight is 302 g/mol. The van der Waals surface area contributed by atoms with Crippen LogP contribution in [0.5, 0.6) is 0 Å².